The van der Waals surface area contributed by atoms with Gasteiger partial charge in [-0.25, -0.2) is 4.98 Å². The zero-order valence-electron chi connectivity index (χ0n) is 11.0. The minimum absolute atomic E-state index is 0.185. The Bertz CT molecular complexity index is 452. The normalized spacial score (nSPS) is 24.6. The van der Waals surface area contributed by atoms with Crippen LogP contribution in [0.5, 0.6) is 0 Å². The second-order valence-electron chi connectivity index (χ2n) is 4.92. The van der Waals surface area contributed by atoms with Crippen molar-refractivity contribution in [3.8, 4) is 0 Å². The van der Waals surface area contributed by atoms with Crippen molar-refractivity contribution in [3.05, 3.63) is 18.2 Å². The lowest BCUT2D eigenvalue weighted by Crippen LogP contribution is -2.52. The fraction of sp³-hybridized carbons (Fsp3) is 0.667. The third-order valence-corrected chi connectivity index (χ3v) is 3.70. The first-order chi connectivity index (χ1) is 9.40. The lowest BCUT2D eigenvalue weighted by Gasteiger charge is -2.31. The monoisotopic (exact) mass is 290 g/mol. The number of aromatic amines is 1. The van der Waals surface area contributed by atoms with Crippen LogP contribution in [0.2, 0.25) is 0 Å². The van der Waals surface area contributed by atoms with Gasteiger partial charge < -0.3 is 15.6 Å². The van der Waals surface area contributed by atoms with Gasteiger partial charge in [-0.1, -0.05) is 6.92 Å². The third-order valence-electron chi connectivity index (χ3n) is 3.70. The van der Waals surface area contributed by atoms with Gasteiger partial charge in [-0.15, -0.1) is 0 Å². The highest BCUT2D eigenvalue weighted by Gasteiger charge is 2.61. The van der Waals surface area contributed by atoms with E-state index in [0.717, 1.165) is 0 Å². The third kappa shape index (κ3) is 2.52. The maximum Gasteiger partial charge on any atom is 0.404 e. The van der Waals surface area contributed by atoms with Crippen LogP contribution in [0.25, 0.3) is 0 Å². The Morgan fingerprint density at radius 1 is 1.60 bits per heavy atom. The summed E-state index contributed by atoms with van der Waals surface area (Å²) in [6.07, 6.45) is -1.28. The molecule has 2 heterocycles. The number of halogens is 3. The van der Waals surface area contributed by atoms with E-state index in [4.69, 9.17) is 0 Å². The maximum atomic E-state index is 13.2. The maximum absolute atomic E-state index is 13.2. The fourth-order valence-corrected chi connectivity index (χ4v) is 2.38. The molecule has 1 aromatic heterocycles. The molecule has 0 spiro atoms. The van der Waals surface area contributed by atoms with Gasteiger partial charge in [-0.3, -0.25) is 4.79 Å². The average Bonchev–Trinajstić information content (AvgIpc) is 3.05. The Kier molecular flexibility index (Phi) is 4.03. The highest BCUT2D eigenvalue weighted by Crippen LogP contribution is 2.43. The molecule has 5 nitrogen and oxygen atoms in total. The summed E-state index contributed by atoms with van der Waals surface area (Å²) in [5, 5.41) is 5.09. The molecule has 0 aromatic carbocycles. The van der Waals surface area contributed by atoms with Gasteiger partial charge in [-0.2, -0.15) is 13.2 Å². The zero-order chi connectivity index (χ0) is 14.8. The molecule has 1 aliphatic heterocycles. The summed E-state index contributed by atoms with van der Waals surface area (Å²) in [7, 11) is 0. The number of carbonyl (C=O) groups is 1. The zero-order valence-corrected chi connectivity index (χ0v) is 11.0. The molecule has 1 saturated heterocycles. The number of nitrogens with zero attached hydrogens (tertiary/aromatic N) is 1. The summed E-state index contributed by atoms with van der Waals surface area (Å²) in [5.41, 5.74) is -2.34. The van der Waals surface area contributed by atoms with Crippen LogP contribution in [0, 0.1) is 5.41 Å². The molecular weight excluding hydrogens is 273 g/mol. The van der Waals surface area contributed by atoms with Crippen molar-refractivity contribution < 1.29 is 18.0 Å². The summed E-state index contributed by atoms with van der Waals surface area (Å²) < 4.78 is 39.7. The molecule has 3 N–H and O–H groups in total. The van der Waals surface area contributed by atoms with E-state index in [1.54, 1.807) is 13.1 Å². The van der Waals surface area contributed by atoms with E-state index in [0.29, 0.717) is 12.2 Å². The summed E-state index contributed by atoms with van der Waals surface area (Å²) in [5.74, 6) is -0.526. The second-order valence-corrected chi connectivity index (χ2v) is 4.92. The second kappa shape index (κ2) is 5.43. The molecule has 1 aromatic rings. The van der Waals surface area contributed by atoms with Gasteiger partial charge in [0.1, 0.15) is 5.82 Å². The SMILES string of the molecule is CCC(NC(=O)C1(C(F)(F)F)CCNC1)c1ncc[nH]1. The average molecular weight is 290 g/mol. The number of aromatic nitrogens is 2. The molecular formula is C12H17F3N4O. The standard InChI is InChI=1S/C12H17F3N4O/c1-2-8(9-17-5-6-18-9)19-10(20)11(12(13,14)15)3-4-16-7-11/h5-6,8,16H,2-4,7H2,1H3,(H,17,18)(H,19,20). The van der Waals surface area contributed by atoms with Crippen LogP contribution < -0.4 is 10.6 Å². The highest BCUT2D eigenvalue weighted by atomic mass is 19.4. The first kappa shape index (κ1) is 14.8. The topological polar surface area (TPSA) is 69.8 Å². The van der Waals surface area contributed by atoms with Gasteiger partial charge in [-0.05, 0) is 19.4 Å². The van der Waals surface area contributed by atoms with Crippen molar-refractivity contribution in [1.29, 1.82) is 0 Å². The van der Waals surface area contributed by atoms with E-state index < -0.39 is 23.5 Å². The number of alkyl halides is 3. The predicted molar refractivity (Wildman–Crippen MR) is 65.7 cm³/mol. The molecule has 0 radical (unpaired) electrons. The number of amides is 1. The Morgan fingerprint density at radius 2 is 2.35 bits per heavy atom. The smallest absolute Gasteiger partial charge is 0.347 e. The molecule has 112 valence electrons. The largest absolute Gasteiger partial charge is 0.404 e. The summed E-state index contributed by atoms with van der Waals surface area (Å²) >= 11 is 0. The molecule has 1 fully saturated rings. The summed E-state index contributed by atoms with van der Waals surface area (Å²) in [6, 6.07) is -0.544. The molecule has 0 aliphatic carbocycles. The van der Waals surface area contributed by atoms with Gasteiger partial charge in [0.05, 0.1) is 6.04 Å². The van der Waals surface area contributed by atoms with Crippen LogP contribution in [-0.2, 0) is 4.79 Å². The molecule has 2 unspecified atom stereocenters. The number of hydrogen-bond acceptors (Lipinski definition) is 3. The van der Waals surface area contributed by atoms with Crippen LogP contribution >= 0.6 is 0 Å². The summed E-state index contributed by atoms with van der Waals surface area (Å²) in [4.78, 5) is 19.0. The van der Waals surface area contributed by atoms with Crippen molar-refractivity contribution in [2.75, 3.05) is 13.1 Å². The Hall–Kier alpha value is -1.57. The van der Waals surface area contributed by atoms with E-state index >= 15 is 0 Å². The Balaban J connectivity index is 2.17. The number of carbonyl (C=O) groups excluding carboxylic acids is 1. The first-order valence-corrected chi connectivity index (χ1v) is 6.48. The van der Waals surface area contributed by atoms with E-state index in [2.05, 4.69) is 20.6 Å². The van der Waals surface area contributed by atoms with Crippen molar-refractivity contribution in [3.63, 3.8) is 0 Å². The number of nitrogens with one attached hydrogen (secondary N) is 3. The van der Waals surface area contributed by atoms with Crippen LogP contribution in [0.1, 0.15) is 31.6 Å². The molecule has 1 amide bonds. The van der Waals surface area contributed by atoms with Crippen LogP contribution in [0.4, 0.5) is 13.2 Å². The fourth-order valence-electron chi connectivity index (χ4n) is 2.38. The number of H-pyrrole nitrogens is 1. The van der Waals surface area contributed by atoms with Gasteiger partial charge in [0.15, 0.2) is 5.41 Å². The van der Waals surface area contributed by atoms with Crippen LogP contribution in [0.15, 0.2) is 12.4 Å². The Morgan fingerprint density at radius 3 is 2.80 bits per heavy atom. The van der Waals surface area contributed by atoms with Crippen molar-refractivity contribution in [1.82, 2.24) is 20.6 Å². The van der Waals surface area contributed by atoms with Gasteiger partial charge in [0.2, 0.25) is 5.91 Å². The number of rotatable bonds is 4. The molecule has 20 heavy (non-hydrogen) atoms. The van der Waals surface area contributed by atoms with Gasteiger partial charge in [0, 0.05) is 18.9 Å². The molecule has 8 heteroatoms. The van der Waals surface area contributed by atoms with Crippen molar-refractivity contribution in [2.24, 2.45) is 5.41 Å². The molecule has 0 saturated carbocycles. The Labute approximate surface area is 114 Å². The lowest BCUT2D eigenvalue weighted by molar-refractivity contribution is -0.216. The van der Waals surface area contributed by atoms with Crippen LogP contribution in [-0.4, -0.2) is 35.1 Å². The lowest BCUT2D eigenvalue weighted by atomic mass is 9.85. The summed E-state index contributed by atoms with van der Waals surface area (Å²) in [6.45, 7) is 1.59. The molecule has 2 atom stereocenters. The van der Waals surface area contributed by atoms with E-state index in [1.165, 1.54) is 6.20 Å². The van der Waals surface area contributed by atoms with Gasteiger partial charge >= 0.3 is 6.18 Å². The minimum Gasteiger partial charge on any atom is -0.347 e. The molecule has 2 rings (SSSR count). The molecule has 1 aliphatic rings. The van der Waals surface area contributed by atoms with Gasteiger partial charge in [0.25, 0.3) is 0 Å². The van der Waals surface area contributed by atoms with Crippen molar-refractivity contribution >= 4 is 5.91 Å². The van der Waals surface area contributed by atoms with E-state index in [9.17, 15) is 18.0 Å². The minimum atomic E-state index is -4.57. The van der Waals surface area contributed by atoms with E-state index in [-0.39, 0.29) is 19.5 Å². The highest BCUT2D eigenvalue weighted by molar-refractivity contribution is 5.84. The van der Waals surface area contributed by atoms with Crippen LogP contribution in [0.3, 0.4) is 0 Å². The number of hydrogen-bond donors (Lipinski definition) is 3. The predicted octanol–water partition coefficient (Wildman–Crippen LogP) is 1.52. The molecule has 0 bridgehead atoms. The van der Waals surface area contributed by atoms with E-state index in [1.807, 2.05) is 0 Å². The number of imidazole rings is 1. The van der Waals surface area contributed by atoms with Crippen molar-refractivity contribution in [2.45, 2.75) is 32.0 Å². The quantitative estimate of drug-likeness (QED) is 0.787. The first-order valence-electron chi connectivity index (χ1n) is 6.48.